The van der Waals surface area contributed by atoms with Gasteiger partial charge in [-0.15, -0.1) is 0 Å². The highest BCUT2D eigenvalue weighted by molar-refractivity contribution is 5.93. The van der Waals surface area contributed by atoms with Gasteiger partial charge in [0.05, 0.1) is 23.5 Å². The first-order valence-corrected chi connectivity index (χ1v) is 9.91. The number of alkyl halides is 3. The molecule has 3 N–H and O–H groups in total. The van der Waals surface area contributed by atoms with Gasteiger partial charge in [0.25, 0.3) is 0 Å². The number of halogens is 3. The number of benzene rings is 1. The van der Waals surface area contributed by atoms with Crippen LogP contribution in [0.4, 0.5) is 35.4 Å². The van der Waals surface area contributed by atoms with Crippen LogP contribution in [0.15, 0.2) is 48.4 Å². The smallest absolute Gasteiger partial charge is 0.368 e. The number of anilines is 3. The number of hydrogen-bond acceptors (Lipinski definition) is 6. The Bertz CT molecular complexity index is 1050. The molecule has 2 fully saturated rings. The average molecular weight is 431 g/mol. The van der Waals surface area contributed by atoms with Crippen LogP contribution in [0.25, 0.3) is 0 Å². The molecule has 8 nitrogen and oxygen atoms in total. The number of amides is 2. The number of rotatable bonds is 5. The highest BCUT2D eigenvalue weighted by Crippen LogP contribution is 2.45. The lowest BCUT2D eigenvalue weighted by molar-refractivity contribution is -0.137. The third-order valence-corrected chi connectivity index (χ3v) is 5.62. The fourth-order valence-corrected chi connectivity index (χ4v) is 3.79. The molecule has 1 aromatic heterocycles. The molecule has 1 saturated carbocycles. The largest absolute Gasteiger partial charge is 0.416 e. The van der Waals surface area contributed by atoms with Crippen molar-refractivity contribution in [2.24, 2.45) is 0 Å². The van der Waals surface area contributed by atoms with E-state index in [4.69, 9.17) is 0 Å². The molecule has 11 heteroatoms. The molecule has 0 unspecified atom stereocenters. The van der Waals surface area contributed by atoms with Crippen LogP contribution in [0.3, 0.4) is 0 Å². The van der Waals surface area contributed by atoms with Crippen LogP contribution >= 0.6 is 0 Å². The van der Waals surface area contributed by atoms with E-state index in [1.807, 2.05) is 6.20 Å². The van der Waals surface area contributed by atoms with Gasteiger partial charge in [-0.25, -0.2) is 9.78 Å². The fraction of sp³-hybridized carbons (Fsp3) is 0.350. The first-order valence-electron chi connectivity index (χ1n) is 9.91. The molecule has 31 heavy (non-hydrogen) atoms. The summed E-state index contributed by atoms with van der Waals surface area (Å²) in [4.78, 5) is 23.9. The van der Waals surface area contributed by atoms with Crippen molar-refractivity contribution in [2.45, 2.75) is 24.6 Å². The Morgan fingerprint density at radius 2 is 2.00 bits per heavy atom. The molecule has 162 valence electrons. The summed E-state index contributed by atoms with van der Waals surface area (Å²) < 4.78 is 39.1. The summed E-state index contributed by atoms with van der Waals surface area (Å²) in [5.41, 5.74) is 0.258. The van der Waals surface area contributed by atoms with Crippen LogP contribution in [0.2, 0.25) is 0 Å². The molecule has 1 aromatic carbocycles. The summed E-state index contributed by atoms with van der Waals surface area (Å²) >= 11 is 0. The third kappa shape index (κ3) is 3.71. The van der Waals surface area contributed by atoms with Crippen LogP contribution in [0, 0.1) is 0 Å². The molecule has 0 atom stereocenters. The molecule has 0 bridgehead atoms. The van der Waals surface area contributed by atoms with E-state index in [-0.39, 0.29) is 6.03 Å². The van der Waals surface area contributed by atoms with Crippen LogP contribution in [-0.2, 0) is 6.18 Å². The summed E-state index contributed by atoms with van der Waals surface area (Å²) in [6.45, 7) is 1.48. The molecular weight excluding hydrogens is 411 g/mol. The van der Waals surface area contributed by atoms with E-state index < -0.39 is 17.3 Å². The van der Waals surface area contributed by atoms with Crippen molar-refractivity contribution in [3.05, 3.63) is 54.0 Å². The number of urea groups is 1. The minimum Gasteiger partial charge on any atom is -0.368 e. The molecule has 1 saturated heterocycles. The lowest BCUT2D eigenvalue weighted by Crippen LogP contribution is -2.32. The van der Waals surface area contributed by atoms with Crippen LogP contribution < -0.4 is 25.8 Å². The second-order valence-electron chi connectivity index (χ2n) is 7.72. The summed E-state index contributed by atoms with van der Waals surface area (Å²) in [6, 6.07) is 6.74. The van der Waals surface area contributed by atoms with E-state index in [0.717, 1.165) is 30.7 Å². The molecule has 1 aliphatic carbocycles. The Morgan fingerprint density at radius 1 is 1.16 bits per heavy atom. The summed E-state index contributed by atoms with van der Waals surface area (Å²) in [5, 5.41) is 9.35. The average Bonchev–Trinajstić information content (AvgIpc) is 3.14. The number of carbonyl (C=O) groups excluding carboxylic acids is 1. The third-order valence-electron chi connectivity index (χ3n) is 5.62. The zero-order valence-electron chi connectivity index (χ0n) is 16.4. The van der Waals surface area contributed by atoms with Crippen molar-refractivity contribution >= 4 is 23.5 Å². The SMILES string of the molecule is O=C1NCCN1c1ccnc(NC2(C3=CN(c4cccc(C(F)(F)F)c4)CN3)CC2)n1. The maximum Gasteiger partial charge on any atom is 0.416 e. The maximum absolute atomic E-state index is 13.0. The number of aromatic nitrogens is 2. The molecule has 2 amide bonds. The van der Waals surface area contributed by atoms with Gasteiger partial charge < -0.3 is 20.9 Å². The van der Waals surface area contributed by atoms with Crippen molar-refractivity contribution in [1.82, 2.24) is 20.6 Å². The number of hydrogen-bond donors (Lipinski definition) is 3. The van der Waals surface area contributed by atoms with Crippen molar-refractivity contribution in [2.75, 3.05) is 34.9 Å². The Balaban J connectivity index is 1.34. The first-order chi connectivity index (χ1) is 14.8. The predicted octanol–water partition coefficient (Wildman–Crippen LogP) is 2.88. The van der Waals surface area contributed by atoms with E-state index in [1.165, 1.54) is 6.07 Å². The van der Waals surface area contributed by atoms with E-state index in [1.54, 1.807) is 28.1 Å². The zero-order valence-corrected chi connectivity index (χ0v) is 16.4. The molecule has 2 aromatic rings. The van der Waals surface area contributed by atoms with Crippen LogP contribution in [0.1, 0.15) is 18.4 Å². The minimum atomic E-state index is -4.39. The van der Waals surface area contributed by atoms with Gasteiger partial charge in [0.15, 0.2) is 0 Å². The monoisotopic (exact) mass is 431 g/mol. The fourth-order valence-electron chi connectivity index (χ4n) is 3.79. The molecule has 3 aliphatic rings. The van der Waals surface area contributed by atoms with Crippen molar-refractivity contribution < 1.29 is 18.0 Å². The van der Waals surface area contributed by atoms with Gasteiger partial charge in [0.2, 0.25) is 5.95 Å². The zero-order chi connectivity index (χ0) is 21.6. The van der Waals surface area contributed by atoms with E-state index in [0.29, 0.717) is 37.2 Å². The highest BCUT2D eigenvalue weighted by atomic mass is 19.4. The van der Waals surface area contributed by atoms with Gasteiger partial charge >= 0.3 is 12.2 Å². The minimum absolute atomic E-state index is 0.192. The molecule has 3 heterocycles. The lowest BCUT2D eigenvalue weighted by atomic mass is 10.2. The predicted molar refractivity (Wildman–Crippen MR) is 108 cm³/mol. The highest BCUT2D eigenvalue weighted by Gasteiger charge is 2.48. The Labute approximate surface area is 176 Å². The molecule has 2 aliphatic heterocycles. The van der Waals surface area contributed by atoms with Gasteiger partial charge in [0, 0.05) is 31.2 Å². The van der Waals surface area contributed by atoms with Gasteiger partial charge in [-0.1, -0.05) is 6.07 Å². The lowest BCUT2D eigenvalue weighted by Gasteiger charge is -2.20. The van der Waals surface area contributed by atoms with Crippen molar-refractivity contribution in [3.63, 3.8) is 0 Å². The first kappa shape index (κ1) is 19.5. The Hall–Kier alpha value is -3.50. The standard InChI is InChI=1S/C20H20F3N7O/c21-20(22,23)13-2-1-3-14(10-13)29-11-15(26-12-29)19(5-6-19)28-17-24-7-4-16(27-17)30-9-8-25-18(30)31/h1-4,7,10-11,26H,5-6,8-9,12H2,(H,25,31)(H,24,27,28). The molecule has 5 rings (SSSR count). The van der Waals surface area contributed by atoms with Crippen LogP contribution in [-0.4, -0.2) is 41.3 Å². The molecule has 0 spiro atoms. The Morgan fingerprint density at radius 3 is 2.71 bits per heavy atom. The number of nitrogens with zero attached hydrogens (tertiary/aromatic N) is 4. The summed E-state index contributed by atoms with van der Waals surface area (Å²) in [6.07, 6.45) is 0.703. The topological polar surface area (TPSA) is 85.4 Å². The van der Waals surface area contributed by atoms with Gasteiger partial charge in [-0.2, -0.15) is 18.2 Å². The van der Waals surface area contributed by atoms with Crippen molar-refractivity contribution in [1.29, 1.82) is 0 Å². The summed E-state index contributed by atoms with van der Waals surface area (Å²) in [7, 11) is 0. The van der Waals surface area contributed by atoms with E-state index in [2.05, 4.69) is 25.9 Å². The second-order valence-corrected chi connectivity index (χ2v) is 7.72. The van der Waals surface area contributed by atoms with E-state index in [9.17, 15) is 18.0 Å². The number of nitrogens with one attached hydrogen (secondary N) is 3. The van der Waals surface area contributed by atoms with Gasteiger partial charge in [-0.05, 0) is 37.1 Å². The quantitative estimate of drug-likeness (QED) is 0.675. The van der Waals surface area contributed by atoms with Crippen LogP contribution in [0.5, 0.6) is 0 Å². The normalized spacial score (nSPS) is 19.7. The van der Waals surface area contributed by atoms with E-state index >= 15 is 0 Å². The maximum atomic E-state index is 13.0. The second kappa shape index (κ2) is 7.03. The Kier molecular flexibility index (Phi) is 4.42. The summed E-state index contributed by atoms with van der Waals surface area (Å²) in [5.74, 6) is 0.914. The van der Waals surface area contributed by atoms with Gasteiger partial charge in [-0.3, -0.25) is 4.90 Å². The molecule has 0 radical (unpaired) electrons. The number of carbonyl (C=O) groups is 1. The van der Waals surface area contributed by atoms with Crippen molar-refractivity contribution in [3.8, 4) is 0 Å². The van der Waals surface area contributed by atoms with Gasteiger partial charge in [0.1, 0.15) is 5.82 Å². The molecular formula is C20H20F3N7O.